The molecule has 0 aliphatic rings. The summed E-state index contributed by atoms with van der Waals surface area (Å²) in [7, 11) is 0. The lowest BCUT2D eigenvalue weighted by molar-refractivity contribution is 0.827. The third kappa shape index (κ3) is 4.42. The molecule has 3 aromatic rings. The first-order chi connectivity index (χ1) is 11.8. The Kier molecular flexibility index (Phi) is 5.19. The third-order valence-corrected chi connectivity index (χ3v) is 3.52. The van der Waals surface area contributed by atoms with E-state index in [0.717, 1.165) is 23.4 Å². The van der Waals surface area contributed by atoms with Crippen molar-refractivity contribution < 1.29 is 0 Å². The highest BCUT2D eigenvalue weighted by Crippen LogP contribution is 2.10. The van der Waals surface area contributed by atoms with Crippen molar-refractivity contribution in [2.75, 3.05) is 6.54 Å². The van der Waals surface area contributed by atoms with E-state index in [0.29, 0.717) is 19.0 Å². The first-order valence-corrected chi connectivity index (χ1v) is 7.84. The second-order valence-corrected chi connectivity index (χ2v) is 5.32. The lowest BCUT2D eigenvalue weighted by atomic mass is 10.2. The Morgan fingerprint density at radius 2 is 2.08 bits per heavy atom. The van der Waals surface area contributed by atoms with Gasteiger partial charge in [-0.15, -0.1) is 0 Å². The molecule has 3 N–H and O–H groups in total. The lowest BCUT2D eigenvalue weighted by Gasteiger charge is -2.06. The maximum Gasteiger partial charge on any atom is 0.188 e. The minimum Gasteiger partial charge on any atom is -0.370 e. The molecule has 2 aromatic heterocycles. The fraction of sp³-hybridized carbons (Fsp3) is 0.167. The highest BCUT2D eigenvalue weighted by atomic mass is 15.3. The van der Waals surface area contributed by atoms with E-state index < -0.39 is 0 Å². The predicted molar refractivity (Wildman–Crippen MR) is 94.8 cm³/mol. The van der Waals surface area contributed by atoms with Gasteiger partial charge >= 0.3 is 0 Å². The van der Waals surface area contributed by atoms with E-state index >= 15 is 0 Å². The highest BCUT2D eigenvalue weighted by molar-refractivity contribution is 5.77. The zero-order valence-corrected chi connectivity index (χ0v) is 13.3. The summed E-state index contributed by atoms with van der Waals surface area (Å²) in [5, 5.41) is 7.34. The van der Waals surface area contributed by atoms with Gasteiger partial charge in [0.2, 0.25) is 0 Å². The molecule has 2 heterocycles. The second kappa shape index (κ2) is 7.92. The van der Waals surface area contributed by atoms with Crippen LogP contribution in [0.5, 0.6) is 0 Å². The van der Waals surface area contributed by atoms with Crippen LogP contribution >= 0.6 is 0 Å². The molecular formula is C18H20N6. The third-order valence-electron chi connectivity index (χ3n) is 3.52. The van der Waals surface area contributed by atoms with Crippen LogP contribution in [-0.4, -0.2) is 27.3 Å². The molecule has 3 rings (SSSR count). The van der Waals surface area contributed by atoms with Crippen molar-refractivity contribution in [3.05, 3.63) is 78.4 Å². The number of pyridine rings is 1. The number of nitrogens with one attached hydrogen (secondary N) is 1. The zero-order valence-electron chi connectivity index (χ0n) is 13.3. The van der Waals surface area contributed by atoms with Crippen LogP contribution < -0.4 is 11.1 Å². The van der Waals surface area contributed by atoms with Crippen LogP contribution in [-0.2, 0) is 13.0 Å². The molecule has 0 radical (unpaired) electrons. The summed E-state index contributed by atoms with van der Waals surface area (Å²) in [6, 6.07) is 15.9. The van der Waals surface area contributed by atoms with Crippen molar-refractivity contribution in [3.8, 4) is 5.69 Å². The Hall–Kier alpha value is -3.15. The fourth-order valence-electron chi connectivity index (χ4n) is 2.32. The molecule has 1 aromatic carbocycles. The number of guanidine groups is 1. The summed E-state index contributed by atoms with van der Waals surface area (Å²) in [4.78, 5) is 8.66. The zero-order chi connectivity index (χ0) is 16.6. The molecule has 122 valence electrons. The average Bonchev–Trinajstić information content (AvgIpc) is 3.16. The van der Waals surface area contributed by atoms with Gasteiger partial charge in [-0.1, -0.05) is 18.2 Å². The van der Waals surface area contributed by atoms with Crippen LogP contribution in [0.15, 0.2) is 72.1 Å². The number of nitrogens with zero attached hydrogens (tertiary/aromatic N) is 4. The quantitative estimate of drug-likeness (QED) is 0.537. The fourth-order valence-corrected chi connectivity index (χ4v) is 2.32. The lowest BCUT2D eigenvalue weighted by Crippen LogP contribution is -2.33. The van der Waals surface area contributed by atoms with Gasteiger partial charge in [-0.2, -0.15) is 5.10 Å². The number of nitrogens with two attached hydrogens (primary N) is 1. The summed E-state index contributed by atoms with van der Waals surface area (Å²) < 4.78 is 1.82. The predicted octanol–water partition coefficient (Wildman–Crippen LogP) is 1.91. The Morgan fingerprint density at radius 1 is 1.12 bits per heavy atom. The molecular weight excluding hydrogens is 300 g/mol. The summed E-state index contributed by atoms with van der Waals surface area (Å²) >= 11 is 0. The van der Waals surface area contributed by atoms with Crippen molar-refractivity contribution in [1.82, 2.24) is 20.1 Å². The van der Waals surface area contributed by atoms with Gasteiger partial charge in [-0.25, -0.2) is 9.67 Å². The van der Waals surface area contributed by atoms with Crippen molar-refractivity contribution in [2.45, 2.75) is 13.0 Å². The smallest absolute Gasteiger partial charge is 0.188 e. The van der Waals surface area contributed by atoms with E-state index in [2.05, 4.69) is 26.5 Å². The van der Waals surface area contributed by atoms with Crippen molar-refractivity contribution in [2.24, 2.45) is 10.7 Å². The molecule has 0 atom stereocenters. The van der Waals surface area contributed by atoms with Gasteiger partial charge in [-0.3, -0.25) is 4.98 Å². The minimum absolute atomic E-state index is 0.440. The Morgan fingerprint density at radius 3 is 2.88 bits per heavy atom. The summed E-state index contributed by atoms with van der Waals surface area (Å²) in [5.41, 5.74) is 9.04. The van der Waals surface area contributed by atoms with Gasteiger partial charge in [0.25, 0.3) is 0 Å². The van der Waals surface area contributed by atoms with Gasteiger partial charge < -0.3 is 11.1 Å². The molecule has 24 heavy (non-hydrogen) atoms. The number of aromatic nitrogens is 3. The summed E-state index contributed by atoms with van der Waals surface area (Å²) in [5.74, 6) is 0.440. The van der Waals surface area contributed by atoms with Crippen LogP contribution in [0.3, 0.4) is 0 Å². The number of aliphatic imine (C=N–C) groups is 1. The average molecular weight is 320 g/mol. The molecule has 0 aliphatic carbocycles. The Balaban J connectivity index is 1.52. The molecule has 0 unspecified atom stereocenters. The normalized spacial score (nSPS) is 11.4. The minimum atomic E-state index is 0.440. The van der Waals surface area contributed by atoms with E-state index in [1.54, 1.807) is 12.4 Å². The van der Waals surface area contributed by atoms with Crippen LogP contribution in [0.2, 0.25) is 0 Å². The highest BCUT2D eigenvalue weighted by Gasteiger charge is 1.99. The molecule has 6 heteroatoms. The first kappa shape index (κ1) is 15.7. The van der Waals surface area contributed by atoms with Crippen molar-refractivity contribution in [3.63, 3.8) is 0 Å². The van der Waals surface area contributed by atoms with E-state index in [1.807, 2.05) is 53.3 Å². The van der Waals surface area contributed by atoms with Crippen molar-refractivity contribution in [1.29, 1.82) is 0 Å². The van der Waals surface area contributed by atoms with Gasteiger partial charge in [-0.05, 0) is 35.9 Å². The first-order valence-electron chi connectivity index (χ1n) is 7.84. The van der Waals surface area contributed by atoms with Crippen molar-refractivity contribution >= 4 is 5.96 Å². The number of benzene rings is 1. The molecule has 0 spiro atoms. The largest absolute Gasteiger partial charge is 0.370 e. The Bertz CT molecular complexity index is 780. The second-order valence-electron chi connectivity index (χ2n) is 5.32. The summed E-state index contributed by atoms with van der Waals surface area (Å²) in [6.45, 7) is 1.23. The van der Waals surface area contributed by atoms with Crippen LogP contribution in [0.4, 0.5) is 0 Å². The maximum atomic E-state index is 5.92. The number of rotatable bonds is 6. The van der Waals surface area contributed by atoms with E-state index in [9.17, 15) is 0 Å². The van der Waals surface area contributed by atoms with Gasteiger partial charge in [0.15, 0.2) is 5.96 Å². The van der Waals surface area contributed by atoms with E-state index in [4.69, 9.17) is 5.73 Å². The molecule has 0 aliphatic heterocycles. The maximum absolute atomic E-state index is 5.92. The SMILES string of the molecule is NC(=NCc1cccc(-n2cccn2)c1)NCCc1ccccn1. The molecule has 0 bridgehead atoms. The van der Waals surface area contributed by atoms with E-state index in [-0.39, 0.29) is 0 Å². The van der Waals surface area contributed by atoms with Gasteiger partial charge in [0.1, 0.15) is 0 Å². The van der Waals surface area contributed by atoms with Gasteiger partial charge in [0, 0.05) is 37.3 Å². The van der Waals surface area contributed by atoms with Crippen LogP contribution in [0.1, 0.15) is 11.3 Å². The number of hydrogen-bond acceptors (Lipinski definition) is 3. The standard InChI is InChI=1S/C18H20N6/c19-18(21-11-8-16-6-1-2-9-20-16)22-14-15-5-3-7-17(13-15)24-12-4-10-23-24/h1-7,9-10,12-13H,8,11,14H2,(H3,19,21,22). The number of hydrogen-bond donors (Lipinski definition) is 2. The van der Waals surface area contributed by atoms with Crippen LogP contribution in [0, 0.1) is 0 Å². The monoisotopic (exact) mass is 320 g/mol. The molecule has 0 amide bonds. The van der Waals surface area contributed by atoms with Gasteiger partial charge in [0.05, 0.1) is 12.2 Å². The molecule has 6 nitrogen and oxygen atoms in total. The topological polar surface area (TPSA) is 81.1 Å². The van der Waals surface area contributed by atoms with Crippen LogP contribution in [0.25, 0.3) is 5.69 Å². The molecule has 0 saturated carbocycles. The Labute approximate surface area is 141 Å². The molecule has 0 saturated heterocycles. The van der Waals surface area contributed by atoms with E-state index in [1.165, 1.54) is 0 Å². The molecule has 0 fully saturated rings. The summed E-state index contributed by atoms with van der Waals surface area (Å²) in [6.07, 6.45) is 6.27.